The van der Waals surface area contributed by atoms with Crippen molar-refractivity contribution < 1.29 is 19.1 Å². The van der Waals surface area contributed by atoms with Gasteiger partial charge in [-0.1, -0.05) is 0 Å². The Bertz CT molecular complexity index is 565. The number of Topliss-reactive ketones (excluding diaryl/α,β-unsaturated/α-hetero) is 2. The van der Waals surface area contributed by atoms with E-state index < -0.39 is 11.4 Å². The Morgan fingerprint density at radius 2 is 1.52 bits per heavy atom. The summed E-state index contributed by atoms with van der Waals surface area (Å²) in [4.78, 5) is 24.5. The Morgan fingerprint density at radius 1 is 0.952 bits per heavy atom. The van der Waals surface area contributed by atoms with Gasteiger partial charge in [0.05, 0.1) is 12.2 Å². The number of ether oxygens (including phenoxy) is 2. The third-order valence-electron chi connectivity index (χ3n) is 4.43. The number of carbonyl (C=O) groups excluding carboxylic acids is 2. The van der Waals surface area contributed by atoms with E-state index in [1.54, 1.807) is 20.8 Å². The molecule has 1 unspecified atom stereocenters. The molecule has 1 saturated heterocycles. The zero-order valence-electron chi connectivity index (χ0n) is 13.8. The highest BCUT2D eigenvalue weighted by Crippen LogP contribution is 2.36. The van der Waals surface area contributed by atoms with E-state index in [1.807, 2.05) is 20.8 Å². The van der Waals surface area contributed by atoms with Crippen LogP contribution in [0.5, 0.6) is 0 Å². The van der Waals surface area contributed by atoms with Gasteiger partial charge in [-0.2, -0.15) is 0 Å². The van der Waals surface area contributed by atoms with Gasteiger partial charge < -0.3 is 9.47 Å². The second-order valence-corrected chi connectivity index (χ2v) is 6.75. The molecule has 2 aliphatic rings. The third-order valence-corrected chi connectivity index (χ3v) is 4.43. The average Bonchev–Trinajstić information content (AvgIpc) is 2.68. The smallest absolute Gasteiger partial charge is 0.185 e. The number of allylic oxidation sites excluding steroid dienone is 4. The molecule has 0 amide bonds. The van der Waals surface area contributed by atoms with Gasteiger partial charge in [-0.15, -0.1) is 0 Å². The van der Waals surface area contributed by atoms with Crippen LogP contribution in [-0.4, -0.2) is 29.6 Å². The maximum atomic E-state index is 12.4. The first-order chi connectivity index (χ1) is 9.56. The molecule has 1 atom stereocenters. The van der Waals surface area contributed by atoms with Crippen LogP contribution in [0.15, 0.2) is 22.3 Å². The van der Waals surface area contributed by atoms with E-state index in [9.17, 15) is 9.59 Å². The molecule has 4 heteroatoms. The fraction of sp³-hybridized carbons (Fsp3) is 0.647. The summed E-state index contributed by atoms with van der Waals surface area (Å²) in [5.74, 6) is -0.612. The molecule has 0 aromatic rings. The lowest BCUT2D eigenvalue weighted by molar-refractivity contribution is -0.158. The number of carbonyl (C=O) groups is 2. The van der Waals surface area contributed by atoms with Gasteiger partial charge in [-0.25, -0.2) is 0 Å². The fourth-order valence-electron chi connectivity index (χ4n) is 2.95. The van der Waals surface area contributed by atoms with Crippen molar-refractivity contribution >= 4 is 11.6 Å². The van der Waals surface area contributed by atoms with Crippen LogP contribution < -0.4 is 0 Å². The van der Waals surface area contributed by atoms with E-state index in [4.69, 9.17) is 9.47 Å². The van der Waals surface area contributed by atoms with E-state index in [0.717, 1.165) is 0 Å². The predicted octanol–water partition coefficient (Wildman–Crippen LogP) is 3.11. The van der Waals surface area contributed by atoms with Gasteiger partial charge in [0.2, 0.25) is 0 Å². The van der Waals surface area contributed by atoms with Crippen molar-refractivity contribution in [3.05, 3.63) is 22.3 Å². The van der Waals surface area contributed by atoms with Crippen LogP contribution in [0, 0.1) is 0 Å². The van der Waals surface area contributed by atoms with E-state index in [1.165, 1.54) is 0 Å². The first kappa shape index (κ1) is 16.1. The third kappa shape index (κ3) is 3.01. The van der Waals surface area contributed by atoms with E-state index in [2.05, 4.69) is 0 Å². The molecule has 0 bridgehead atoms. The van der Waals surface area contributed by atoms with Gasteiger partial charge in [-0.05, 0) is 54.4 Å². The second-order valence-electron chi connectivity index (χ2n) is 6.75. The van der Waals surface area contributed by atoms with Crippen LogP contribution in [0.25, 0.3) is 0 Å². The first-order valence-electron chi connectivity index (χ1n) is 7.37. The molecular formula is C17H24O4. The van der Waals surface area contributed by atoms with Crippen LogP contribution in [-0.2, 0) is 19.1 Å². The first-order valence-corrected chi connectivity index (χ1v) is 7.37. The van der Waals surface area contributed by atoms with E-state index in [-0.39, 0.29) is 11.6 Å². The fourth-order valence-corrected chi connectivity index (χ4v) is 2.95. The van der Waals surface area contributed by atoms with Crippen molar-refractivity contribution in [2.24, 2.45) is 0 Å². The summed E-state index contributed by atoms with van der Waals surface area (Å²) in [6, 6.07) is 0. The summed E-state index contributed by atoms with van der Waals surface area (Å²) in [6.07, 6.45) is 1.20. The summed E-state index contributed by atoms with van der Waals surface area (Å²) in [5.41, 5.74) is 1.91. The summed E-state index contributed by atoms with van der Waals surface area (Å²) in [6.45, 7) is 11.4. The zero-order valence-corrected chi connectivity index (χ0v) is 13.8. The van der Waals surface area contributed by atoms with Crippen molar-refractivity contribution in [3.8, 4) is 0 Å². The minimum absolute atomic E-state index is 0.00799. The molecule has 0 saturated carbocycles. The molecule has 1 fully saturated rings. The highest BCUT2D eigenvalue weighted by molar-refractivity contribution is 6.24. The van der Waals surface area contributed by atoms with Crippen molar-refractivity contribution in [1.29, 1.82) is 0 Å². The molecule has 0 radical (unpaired) electrons. The highest BCUT2D eigenvalue weighted by Gasteiger charge is 2.42. The molecule has 1 aliphatic heterocycles. The van der Waals surface area contributed by atoms with Crippen molar-refractivity contribution in [2.75, 3.05) is 6.61 Å². The number of rotatable bonds is 3. The Morgan fingerprint density at radius 3 is 2.05 bits per heavy atom. The quantitative estimate of drug-likeness (QED) is 0.750. The molecule has 21 heavy (non-hydrogen) atoms. The predicted molar refractivity (Wildman–Crippen MR) is 79.8 cm³/mol. The zero-order chi connectivity index (χ0) is 16.0. The maximum absolute atomic E-state index is 12.4. The lowest BCUT2D eigenvalue weighted by atomic mass is 9.82. The van der Waals surface area contributed by atoms with Crippen LogP contribution in [0.2, 0.25) is 0 Å². The van der Waals surface area contributed by atoms with Crippen LogP contribution >= 0.6 is 0 Å². The Balaban J connectivity index is 2.14. The van der Waals surface area contributed by atoms with Gasteiger partial charge in [0.15, 0.2) is 17.4 Å². The summed E-state index contributed by atoms with van der Waals surface area (Å²) < 4.78 is 11.5. The summed E-state index contributed by atoms with van der Waals surface area (Å²) in [5, 5.41) is 0. The average molecular weight is 292 g/mol. The molecular weight excluding hydrogens is 268 g/mol. The minimum atomic E-state index is -0.586. The number of hydrogen-bond acceptors (Lipinski definition) is 4. The minimum Gasteiger partial charge on any atom is -0.348 e. The normalized spacial score (nSPS) is 29.6. The second kappa shape index (κ2) is 5.18. The van der Waals surface area contributed by atoms with Gasteiger partial charge in [0.25, 0.3) is 0 Å². The van der Waals surface area contributed by atoms with Crippen molar-refractivity contribution in [2.45, 2.75) is 65.8 Å². The van der Waals surface area contributed by atoms with Crippen LogP contribution in [0.4, 0.5) is 0 Å². The molecule has 4 nitrogen and oxygen atoms in total. The molecule has 1 heterocycles. The van der Waals surface area contributed by atoms with Gasteiger partial charge in [0, 0.05) is 22.3 Å². The van der Waals surface area contributed by atoms with Gasteiger partial charge in [-0.3, -0.25) is 9.59 Å². The summed E-state index contributed by atoms with van der Waals surface area (Å²) in [7, 11) is 0. The topological polar surface area (TPSA) is 52.6 Å². The SMILES string of the molecule is CC1=C(C)C(=O)C(CCC2(C)COC(C)(C)O2)=C(C)C1=O. The maximum Gasteiger partial charge on any atom is 0.185 e. The molecule has 0 N–H and O–H groups in total. The monoisotopic (exact) mass is 292 g/mol. The molecule has 0 aromatic heterocycles. The number of hydrogen-bond donors (Lipinski definition) is 0. The lowest BCUT2D eigenvalue weighted by Gasteiger charge is -2.26. The Hall–Kier alpha value is -1.26. The van der Waals surface area contributed by atoms with Crippen LogP contribution in [0.3, 0.4) is 0 Å². The van der Waals surface area contributed by atoms with Crippen molar-refractivity contribution in [3.63, 3.8) is 0 Å². The molecule has 116 valence electrons. The van der Waals surface area contributed by atoms with E-state index in [0.29, 0.717) is 41.7 Å². The standard InChI is InChI=1S/C17H24O4/c1-10-11(2)15(19)13(12(3)14(10)18)7-8-17(6)9-20-16(4,5)21-17/h7-9H2,1-6H3. The lowest BCUT2D eigenvalue weighted by Crippen LogP contribution is -2.31. The summed E-state index contributed by atoms with van der Waals surface area (Å²) >= 11 is 0. The van der Waals surface area contributed by atoms with Crippen LogP contribution in [0.1, 0.15) is 54.4 Å². The van der Waals surface area contributed by atoms with Gasteiger partial charge >= 0.3 is 0 Å². The largest absolute Gasteiger partial charge is 0.348 e. The van der Waals surface area contributed by atoms with Crippen molar-refractivity contribution in [1.82, 2.24) is 0 Å². The molecule has 2 rings (SSSR count). The van der Waals surface area contributed by atoms with Gasteiger partial charge in [0.1, 0.15) is 0 Å². The molecule has 1 aliphatic carbocycles. The Labute approximate surface area is 126 Å². The van der Waals surface area contributed by atoms with E-state index >= 15 is 0 Å². The highest BCUT2D eigenvalue weighted by atomic mass is 16.7. The number of ketones is 2. The molecule has 0 aromatic carbocycles. The molecule has 0 spiro atoms. The Kier molecular flexibility index (Phi) is 3.98.